The van der Waals surface area contributed by atoms with E-state index in [0.29, 0.717) is 12.5 Å². The Kier molecular flexibility index (Phi) is 5.54. The molecular formula is C16H27N3O. The van der Waals surface area contributed by atoms with Crippen LogP contribution in [-0.2, 0) is 4.79 Å². The van der Waals surface area contributed by atoms with Gasteiger partial charge in [-0.3, -0.25) is 9.48 Å². The maximum absolute atomic E-state index is 11.9. The summed E-state index contributed by atoms with van der Waals surface area (Å²) >= 11 is 0. The average molecular weight is 277 g/mol. The van der Waals surface area contributed by atoms with Gasteiger partial charge in [-0.2, -0.15) is 5.10 Å². The number of hydrogen-bond donors (Lipinski definition) is 0. The van der Waals surface area contributed by atoms with Crippen LogP contribution in [0.15, 0.2) is 18.7 Å². The van der Waals surface area contributed by atoms with E-state index in [2.05, 4.69) is 43.2 Å². The van der Waals surface area contributed by atoms with E-state index in [1.807, 2.05) is 25.7 Å². The maximum atomic E-state index is 11.9. The van der Waals surface area contributed by atoms with E-state index in [0.717, 1.165) is 11.4 Å². The van der Waals surface area contributed by atoms with E-state index in [1.54, 1.807) is 0 Å². The van der Waals surface area contributed by atoms with Gasteiger partial charge in [0.25, 0.3) is 0 Å². The molecule has 1 aromatic rings. The highest BCUT2D eigenvalue weighted by Crippen LogP contribution is 2.32. The Morgan fingerprint density at radius 1 is 1.45 bits per heavy atom. The molecule has 1 aliphatic heterocycles. The van der Waals surface area contributed by atoms with Crippen molar-refractivity contribution in [2.75, 3.05) is 6.54 Å². The quantitative estimate of drug-likeness (QED) is 0.773. The van der Waals surface area contributed by atoms with Crippen LogP contribution in [0.2, 0.25) is 0 Å². The number of rotatable bonds is 2. The van der Waals surface area contributed by atoms with Crippen molar-refractivity contribution in [2.24, 2.45) is 0 Å². The number of hydrogen-bond acceptors (Lipinski definition) is 2. The van der Waals surface area contributed by atoms with Crippen LogP contribution in [0.5, 0.6) is 0 Å². The van der Waals surface area contributed by atoms with Gasteiger partial charge in [0.15, 0.2) is 0 Å². The smallest absolute Gasteiger partial charge is 0.246 e. The van der Waals surface area contributed by atoms with Gasteiger partial charge in [-0.1, -0.05) is 34.3 Å². The normalized spacial score (nSPS) is 21.1. The predicted molar refractivity (Wildman–Crippen MR) is 82.7 cm³/mol. The Hall–Kier alpha value is -1.58. The van der Waals surface area contributed by atoms with Gasteiger partial charge in [-0.25, -0.2) is 0 Å². The monoisotopic (exact) mass is 277 g/mol. The first kappa shape index (κ1) is 16.5. The summed E-state index contributed by atoms with van der Waals surface area (Å²) in [6, 6.07) is 2.40. The van der Waals surface area contributed by atoms with E-state index in [1.165, 1.54) is 6.08 Å². The predicted octanol–water partition coefficient (Wildman–Crippen LogP) is 3.68. The van der Waals surface area contributed by atoms with E-state index in [9.17, 15) is 4.79 Å². The molecule has 0 bridgehead atoms. The topological polar surface area (TPSA) is 38.1 Å². The average Bonchev–Trinajstić information content (AvgIpc) is 2.90. The molecule has 2 heterocycles. The molecule has 0 aromatic carbocycles. The molecule has 0 N–H and O–H groups in total. The Morgan fingerprint density at radius 2 is 2.05 bits per heavy atom. The number of amides is 1. The molecule has 4 heteroatoms. The van der Waals surface area contributed by atoms with E-state index < -0.39 is 0 Å². The fourth-order valence-electron chi connectivity index (χ4n) is 2.45. The van der Waals surface area contributed by atoms with Gasteiger partial charge in [0.2, 0.25) is 5.91 Å². The van der Waals surface area contributed by atoms with Crippen molar-refractivity contribution in [1.82, 2.24) is 14.7 Å². The van der Waals surface area contributed by atoms with E-state index >= 15 is 0 Å². The molecule has 2 atom stereocenters. The molecule has 0 spiro atoms. The first-order valence-electron chi connectivity index (χ1n) is 7.48. The van der Waals surface area contributed by atoms with E-state index in [-0.39, 0.29) is 18.0 Å². The van der Waals surface area contributed by atoms with Crippen molar-refractivity contribution in [3.05, 3.63) is 30.1 Å². The highest BCUT2D eigenvalue weighted by molar-refractivity contribution is 5.87. The minimum atomic E-state index is -0.00658. The molecule has 1 aliphatic rings. The van der Waals surface area contributed by atoms with Crippen LogP contribution >= 0.6 is 0 Å². The third-order valence-electron chi connectivity index (χ3n) is 3.61. The second kappa shape index (κ2) is 6.73. The van der Waals surface area contributed by atoms with Crippen molar-refractivity contribution >= 4 is 5.91 Å². The molecule has 0 radical (unpaired) electrons. The fourth-order valence-corrected chi connectivity index (χ4v) is 2.45. The van der Waals surface area contributed by atoms with Crippen molar-refractivity contribution in [3.63, 3.8) is 0 Å². The van der Waals surface area contributed by atoms with Crippen molar-refractivity contribution in [1.29, 1.82) is 0 Å². The van der Waals surface area contributed by atoms with Gasteiger partial charge in [0.05, 0.1) is 23.5 Å². The number of fused-ring (bicyclic) bond motifs is 1. The second-order valence-corrected chi connectivity index (χ2v) is 5.31. The zero-order chi connectivity index (χ0) is 15.4. The lowest BCUT2D eigenvalue weighted by Crippen LogP contribution is -2.42. The SMILES string of the molecule is C=CC(=O)N1CC(C)n2nc(C(C)C)cc2C1C.CC. The van der Waals surface area contributed by atoms with Gasteiger partial charge >= 0.3 is 0 Å². The lowest BCUT2D eigenvalue weighted by Gasteiger charge is -2.36. The number of carbonyl (C=O) groups excluding carboxylic acids is 1. The van der Waals surface area contributed by atoms with Crippen molar-refractivity contribution in [2.45, 2.75) is 59.5 Å². The van der Waals surface area contributed by atoms with Gasteiger partial charge < -0.3 is 4.90 Å². The summed E-state index contributed by atoms with van der Waals surface area (Å²) < 4.78 is 2.06. The largest absolute Gasteiger partial charge is 0.329 e. The molecule has 1 aromatic heterocycles. The standard InChI is InChI=1S/C14H21N3O.C2H6/c1-6-14(18)16-8-10(4)17-13(11(16)5)7-12(15-17)9(2)3;1-2/h6-7,9-11H,1,8H2,2-5H3;1-2H3. The van der Waals surface area contributed by atoms with Crippen molar-refractivity contribution < 1.29 is 4.79 Å². The Morgan fingerprint density at radius 3 is 2.55 bits per heavy atom. The Labute approximate surface area is 122 Å². The molecule has 0 aliphatic carbocycles. The second-order valence-electron chi connectivity index (χ2n) is 5.31. The zero-order valence-electron chi connectivity index (χ0n) is 13.6. The molecule has 0 saturated heterocycles. The molecular weight excluding hydrogens is 250 g/mol. The van der Waals surface area contributed by atoms with Crippen LogP contribution in [0, 0.1) is 0 Å². The van der Waals surface area contributed by atoms with Gasteiger partial charge in [0.1, 0.15) is 0 Å². The van der Waals surface area contributed by atoms with Gasteiger partial charge in [0, 0.05) is 6.54 Å². The number of nitrogens with zero attached hydrogens (tertiary/aromatic N) is 3. The molecule has 1 amide bonds. The molecule has 4 nitrogen and oxygen atoms in total. The maximum Gasteiger partial charge on any atom is 0.246 e. The lowest BCUT2D eigenvalue weighted by atomic mass is 10.1. The molecule has 2 rings (SSSR count). The Balaban J connectivity index is 0.000000956. The van der Waals surface area contributed by atoms with Crippen molar-refractivity contribution in [3.8, 4) is 0 Å². The summed E-state index contributed by atoms with van der Waals surface area (Å²) in [5.41, 5.74) is 2.21. The molecule has 20 heavy (non-hydrogen) atoms. The molecule has 0 saturated carbocycles. The minimum absolute atomic E-state index is 0.00658. The first-order valence-corrected chi connectivity index (χ1v) is 7.48. The minimum Gasteiger partial charge on any atom is -0.329 e. The summed E-state index contributed by atoms with van der Waals surface area (Å²) in [4.78, 5) is 13.7. The van der Waals surface area contributed by atoms with Crippen LogP contribution in [0.1, 0.15) is 70.9 Å². The summed E-state index contributed by atoms with van der Waals surface area (Å²) in [5.74, 6) is 0.402. The summed E-state index contributed by atoms with van der Waals surface area (Å²) in [5, 5.41) is 4.65. The fraction of sp³-hybridized carbons (Fsp3) is 0.625. The highest BCUT2D eigenvalue weighted by Gasteiger charge is 2.32. The van der Waals surface area contributed by atoms with Crippen LogP contribution in [0.4, 0.5) is 0 Å². The summed E-state index contributed by atoms with van der Waals surface area (Å²) in [6.45, 7) is 16.7. The van der Waals surface area contributed by atoms with Crippen LogP contribution in [0.3, 0.4) is 0 Å². The molecule has 112 valence electrons. The third kappa shape index (κ3) is 2.94. The number of carbonyl (C=O) groups is 1. The molecule has 2 unspecified atom stereocenters. The molecule has 0 fully saturated rings. The summed E-state index contributed by atoms with van der Waals surface area (Å²) in [7, 11) is 0. The van der Waals surface area contributed by atoms with Crippen LogP contribution in [-0.4, -0.2) is 27.1 Å². The number of aromatic nitrogens is 2. The van der Waals surface area contributed by atoms with E-state index in [4.69, 9.17) is 0 Å². The van der Waals surface area contributed by atoms with Crippen LogP contribution in [0.25, 0.3) is 0 Å². The first-order chi connectivity index (χ1) is 9.45. The highest BCUT2D eigenvalue weighted by atomic mass is 16.2. The lowest BCUT2D eigenvalue weighted by molar-refractivity contribution is -0.129. The van der Waals surface area contributed by atoms with Gasteiger partial charge in [-0.05, 0) is 31.9 Å². The third-order valence-corrected chi connectivity index (χ3v) is 3.61. The van der Waals surface area contributed by atoms with Gasteiger partial charge in [-0.15, -0.1) is 0 Å². The van der Waals surface area contributed by atoms with Crippen LogP contribution < -0.4 is 0 Å². The zero-order valence-corrected chi connectivity index (χ0v) is 13.6. The Bertz CT molecular complexity index is 476. The summed E-state index contributed by atoms with van der Waals surface area (Å²) in [6.07, 6.45) is 1.39.